The Morgan fingerprint density at radius 2 is 1.32 bits per heavy atom. The lowest BCUT2D eigenvalue weighted by molar-refractivity contribution is -0.145. The molecular weight excluding hydrogens is 472 g/mol. The second-order valence-corrected chi connectivity index (χ2v) is 9.41. The van der Waals surface area contributed by atoms with Gasteiger partial charge in [0.1, 0.15) is 18.1 Å². The highest BCUT2D eigenvalue weighted by molar-refractivity contribution is 5.77. The lowest BCUT2D eigenvalue weighted by Gasteiger charge is -2.16. The summed E-state index contributed by atoms with van der Waals surface area (Å²) >= 11 is 0. The van der Waals surface area contributed by atoms with Gasteiger partial charge in [-0.25, -0.2) is 4.79 Å². The Morgan fingerprint density at radius 1 is 0.684 bits per heavy atom. The molecule has 1 atom stereocenters. The number of benzene rings is 5. The quantitative estimate of drug-likeness (QED) is 0.234. The SMILES string of the molecule is O=C(O)C(Oc1ccc(-c2ccc(COc3ccc4c(c3)Cc3ccccc3-4)cc2)cc1)c1ccccc1. The predicted molar refractivity (Wildman–Crippen MR) is 148 cm³/mol. The van der Waals surface area contributed by atoms with Crippen LogP contribution in [-0.4, -0.2) is 11.1 Å². The van der Waals surface area contributed by atoms with Gasteiger partial charge in [0.2, 0.25) is 6.10 Å². The molecule has 0 saturated carbocycles. The smallest absolute Gasteiger partial charge is 0.349 e. The maximum absolute atomic E-state index is 11.7. The number of carboxylic acids is 1. The maximum Gasteiger partial charge on any atom is 0.349 e. The first-order chi connectivity index (χ1) is 18.6. The zero-order valence-electron chi connectivity index (χ0n) is 20.7. The lowest BCUT2D eigenvalue weighted by Crippen LogP contribution is -2.18. The van der Waals surface area contributed by atoms with Crippen LogP contribution in [0, 0.1) is 0 Å². The van der Waals surface area contributed by atoms with E-state index in [-0.39, 0.29) is 0 Å². The molecule has 0 heterocycles. The summed E-state index contributed by atoms with van der Waals surface area (Å²) in [5.41, 5.74) is 9.08. The average Bonchev–Trinajstić information content (AvgIpc) is 3.33. The van der Waals surface area contributed by atoms with Crippen LogP contribution in [0.15, 0.2) is 121 Å². The Balaban J connectivity index is 1.09. The van der Waals surface area contributed by atoms with Crippen LogP contribution < -0.4 is 9.47 Å². The third kappa shape index (κ3) is 4.89. The van der Waals surface area contributed by atoms with Crippen molar-refractivity contribution >= 4 is 5.97 Å². The second kappa shape index (κ2) is 10.3. The Morgan fingerprint density at radius 3 is 2.05 bits per heavy atom. The molecule has 0 fully saturated rings. The van der Waals surface area contributed by atoms with Gasteiger partial charge >= 0.3 is 5.97 Å². The molecule has 0 bridgehead atoms. The van der Waals surface area contributed by atoms with Gasteiger partial charge in [-0.1, -0.05) is 97.1 Å². The van der Waals surface area contributed by atoms with Crippen LogP contribution in [0.4, 0.5) is 0 Å². The highest BCUT2D eigenvalue weighted by atomic mass is 16.5. The number of carbonyl (C=O) groups is 1. The Hall–Kier alpha value is -4.83. The zero-order valence-corrected chi connectivity index (χ0v) is 20.7. The second-order valence-electron chi connectivity index (χ2n) is 9.41. The van der Waals surface area contributed by atoms with Gasteiger partial charge in [0, 0.05) is 5.56 Å². The number of carboxylic acid groups (broad SMARTS) is 1. The molecule has 5 aromatic rings. The van der Waals surface area contributed by atoms with Crippen LogP contribution in [-0.2, 0) is 17.8 Å². The lowest BCUT2D eigenvalue weighted by atomic mass is 10.0. The van der Waals surface area contributed by atoms with Crippen LogP contribution in [0.25, 0.3) is 22.3 Å². The van der Waals surface area contributed by atoms with Gasteiger partial charge in [-0.05, 0) is 69.6 Å². The van der Waals surface area contributed by atoms with Crippen molar-refractivity contribution in [2.75, 3.05) is 0 Å². The first kappa shape index (κ1) is 23.6. The van der Waals surface area contributed by atoms with Crippen molar-refractivity contribution < 1.29 is 19.4 Å². The van der Waals surface area contributed by atoms with Gasteiger partial charge in [0.25, 0.3) is 0 Å². The van der Waals surface area contributed by atoms with E-state index in [0.717, 1.165) is 28.9 Å². The van der Waals surface area contributed by atoms with Crippen molar-refractivity contribution in [1.29, 1.82) is 0 Å². The molecule has 0 spiro atoms. The average molecular weight is 499 g/mol. The van der Waals surface area contributed by atoms with Crippen LogP contribution in [0.3, 0.4) is 0 Å². The van der Waals surface area contributed by atoms with E-state index in [2.05, 4.69) is 60.7 Å². The van der Waals surface area contributed by atoms with Crippen molar-refractivity contribution in [3.05, 3.63) is 144 Å². The fourth-order valence-corrected chi connectivity index (χ4v) is 4.92. The molecule has 4 heteroatoms. The van der Waals surface area contributed by atoms with Crippen molar-refractivity contribution in [1.82, 2.24) is 0 Å². The number of hydrogen-bond acceptors (Lipinski definition) is 3. The highest BCUT2D eigenvalue weighted by Crippen LogP contribution is 2.38. The van der Waals surface area contributed by atoms with Gasteiger partial charge < -0.3 is 14.6 Å². The molecular formula is C34H26O4. The molecule has 0 saturated heterocycles. The van der Waals surface area contributed by atoms with Crippen LogP contribution >= 0.6 is 0 Å². The summed E-state index contributed by atoms with van der Waals surface area (Å²) in [6.07, 6.45) is -0.105. The summed E-state index contributed by atoms with van der Waals surface area (Å²) < 4.78 is 11.9. The van der Waals surface area contributed by atoms with E-state index in [1.807, 2.05) is 24.3 Å². The van der Waals surface area contributed by atoms with Gasteiger partial charge in [-0.2, -0.15) is 0 Å². The minimum atomic E-state index is -1.05. The first-order valence-corrected chi connectivity index (χ1v) is 12.6. The Bertz CT molecular complexity index is 1570. The standard InChI is InChI=1S/C34H26O4/c35-34(36)33(26-6-2-1-3-7-26)38-29-16-14-25(15-17-29)24-12-10-23(11-13-24)22-37-30-18-19-32-28(21-30)20-27-8-4-5-9-31(27)32/h1-19,21,33H,20,22H2,(H,35,36). The monoisotopic (exact) mass is 498 g/mol. The normalized spacial score (nSPS) is 12.3. The van der Waals surface area contributed by atoms with Crippen LogP contribution in [0.1, 0.15) is 28.4 Å². The highest BCUT2D eigenvalue weighted by Gasteiger charge is 2.21. The minimum absolute atomic E-state index is 0.495. The third-order valence-electron chi connectivity index (χ3n) is 6.89. The van der Waals surface area contributed by atoms with Gasteiger partial charge in [-0.15, -0.1) is 0 Å². The number of aliphatic carboxylic acids is 1. The van der Waals surface area contributed by atoms with Gasteiger partial charge in [0.05, 0.1) is 0 Å². The van der Waals surface area contributed by atoms with Crippen molar-refractivity contribution in [3.8, 4) is 33.8 Å². The van der Waals surface area contributed by atoms with Crippen molar-refractivity contribution in [2.45, 2.75) is 19.1 Å². The van der Waals surface area contributed by atoms with Gasteiger partial charge in [-0.3, -0.25) is 0 Å². The van der Waals surface area contributed by atoms with Crippen LogP contribution in [0.2, 0.25) is 0 Å². The fraction of sp³-hybridized carbons (Fsp3) is 0.0882. The van der Waals surface area contributed by atoms with E-state index in [1.165, 1.54) is 22.3 Å². The molecule has 4 nitrogen and oxygen atoms in total. The molecule has 0 amide bonds. The molecule has 1 aliphatic rings. The molecule has 0 aromatic heterocycles. The van der Waals surface area contributed by atoms with E-state index in [4.69, 9.17) is 9.47 Å². The molecule has 0 radical (unpaired) electrons. The van der Waals surface area contributed by atoms with Crippen molar-refractivity contribution in [3.63, 3.8) is 0 Å². The predicted octanol–water partition coefficient (Wildman–Crippen LogP) is 7.71. The number of fused-ring (bicyclic) bond motifs is 3. The van der Waals surface area contributed by atoms with E-state index in [0.29, 0.717) is 17.9 Å². The summed E-state index contributed by atoms with van der Waals surface area (Å²) in [5, 5.41) is 9.61. The molecule has 6 rings (SSSR count). The molecule has 1 unspecified atom stereocenters. The Kier molecular flexibility index (Phi) is 6.37. The van der Waals surface area contributed by atoms with Crippen molar-refractivity contribution in [2.24, 2.45) is 0 Å². The molecule has 186 valence electrons. The number of ether oxygens (including phenoxy) is 2. The van der Waals surface area contributed by atoms with E-state index in [9.17, 15) is 9.90 Å². The van der Waals surface area contributed by atoms with Crippen LogP contribution in [0.5, 0.6) is 11.5 Å². The maximum atomic E-state index is 11.7. The van der Waals surface area contributed by atoms with Gasteiger partial charge in [0.15, 0.2) is 0 Å². The Labute approximate surface area is 221 Å². The summed E-state index contributed by atoms with van der Waals surface area (Å²) in [5.74, 6) is 0.363. The van der Waals surface area contributed by atoms with E-state index >= 15 is 0 Å². The van der Waals surface area contributed by atoms with E-state index < -0.39 is 12.1 Å². The zero-order chi connectivity index (χ0) is 25.9. The summed E-state index contributed by atoms with van der Waals surface area (Å²) in [6.45, 7) is 0.495. The number of hydrogen-bond donors (Lipinski definition) is 1. The fourth-order valence-electron chi connectivity index (χ4n) is 4.92. The first-order valence-electron chi connectivity index (χ1n) is 12.6. The topological polar surface area (TPSA) is 55.8 Å². The summed E-state index contributed by atoms with van der Waals surface area (Å²) in [7, 11) is 0. The van der Waals surface area contributed by atoms with E-state index in [1.54, 1.807) is 36.4 Å². The third-order valence-corrected chi connectivity index (χ3v) is 6.89. The summed E-state index contributed by atoms with van der Waals surface area (Å²) in [4.78, 5) is 11.7. The molecule has 5 aromatic carbocycles. The number of rotatable bonds is 8. The molecule has 38 heavy (non-hydrogen) atoms. The molecule has 1 aliphatic carbocycles. The minimum Gasteiger partial charge on any atom is -0.489 e. The summed E-state index contributed by atoms with van der Waals surface area (Å²) in [6, 6.07) is 39.6. The molecule has 1 N–H and O–H groups in total. The largest absolute Gasteiger partial charge is 0.489 e. The molecule has 0 aliphatic heterocycles.